The molecule has 1 fully saturated rings. The second kappa shape index (κ2) is 7.26. The van der Waals surface area contributed by atoms with Crippen molar-refractivity contribution >= 4 is 17.1 Å². The molecule has 1 aromatic carbocycles. The molecule has 1 N–H and O–H groups in total. The molecule has 1 heterocycles. The Bertz CT molecular complexity index is 487. The fourth-order valence-corrected chi connectivity index (χ4v) is 2.65. The van der Waals surface area contributed by atoms with E-state index in [9.17, 15) is 10.1 Å². The quantitative estimate of drug-likeness (QED) is 0.645. The molecule has 0 amide bonds. The zero-order valence-electron chi connectivity index (χ0n) is 12.7. The number of nitrogens with zero attached hydrogens (tertiary/aromatic N) is 2. The Hall–Kier alpha value is -1.82. The Balaban J connectivity index is 2.13. The molecule has 0 spiro atoms. The standard InChI is InChI=1S/C15H23N3O3/c1-3-16-13-8-14(10-15(9-13)18(19)20)17(2)11-12-4-6-21-7-5-12/h8-10,12,16H,3-7,11H2,1-2H3. The first kappa shape index (κ1) is 15.6. The molecule has 1 aliphatic heterocycles. The topological polar surface area (TPSA) is 67.6 Å². The monoisotopic (exact) mass is 293 g/mol. The number of nitro groups is 1. The number of hydrogen-bond donors (Lipinski definition) is 1. The first-order chi connectivity index (χ1) is 10.1. The molecular weight excluding hydrogens is 270 g/mol. The smallest absolute Gasteiger partial charge is 0.273 e. The average molecular weight is 293 g/mol. The lowest BCUT2D eigenvalue weighted by molar-refractivity contribution is -0.384. The summed E-state index contributed by atoms with van der Waals surface area (Å²) in [5.41, 5.74) is 1.80. The van der Waals surface area contributed by atoms with E-state index >= 15 is 0 Å². The highest BCUT2D eigenvalue weighted by Gasteiger charge is 2.18. The van der Waals surface area contributed by atoms with Crippen LogP contribution in [0.2, 0.25) is 0 Å². The molecule has 0 atom stereocenters. The number of rotatable bonds is 6. The molecule has 2 rings (SSSR count). The van der Waals surface area contributed by atoms with E-state index < -0.39 is 0 Å². The molecule has 0 bridgehead atoms. The van der Waals surface area contributed by atoms with Gasteiger partial charge in [-0.3, -0.25) is 10.1 Å². The third-order valence-corrected chi connectivity index (χ3v) is 3.81. The highest BCUT2D eigenvalue weighted by atomic mass is 16.6. The molecule has 0 unspecified atom stereocenters. The SMILES string of the molecule is CCNc1cc(N(C)CC2CCOCC2)cc([N+](=O)[O-])c1. The first-order valence-electron chi connectivity index (χ1n) is 7.42. The van der Waals surface area contributed by atoms with Gasteiger partial charge in [0.05, 0.1) is 4.92 Å². The highest BCUT2D eigenvalue weighted by Crippen LogP contribution is 2.28. The van der Waals surface area contributed by atoms with Crippen molar-refractivity contribution in [3.05, 3.63) is 28.3 Å². The van der Waals surface area contributed by atoms with Gasteiger partial charge in [-0.15, -0.1) is 0 Å². The zero-order valence-corrected chi connectivity index (χ0v) is 12.7. The number of ether oxygens (including phenoxy) is 1. The van der Waals surface area contributed by atoms with Crippen LogP contribution in [-0.2, 0) is 4.74 Å². The van der Waals surface area contributed by atoms with Crippen LogP contribution in [-0.4, -0.2) is 38.3 Å². The molecule has 1 aromatic rings. The Morgan fingerprint density at radius 1 is 1.38 bits per heavy atom. The van der Waals surface area contributed by atoms with Crippen LogP contribution in [0.4, 0.5) is 17.1 Å². The molecule has 0 radical (unpaired) electrons. The summed E-state index contributed by atoms with van der Waals surface area (Å²) in [4.78, 5) is 12.8. The van der Waals surface area contributed by atoms with Crippen LogP contribution in [0, 0.1) is 16.0 Å². The van der Waals surface area contributed by atoms with Crippen LogP contribution in [0.1, 0.15) is 19.8 Å². The maximum Gasteiger partial charge on any atom is 0.273 e. The van der Waals surface area contributed by atoms with E-state index in [0.29, 0.717) is 5.92 Å². The van der Waals surface area contributed by atoms with Gasteiger partial charge < -0.3 is 15.0 Å². The number of benzene rings is 1. The van der Waals surface area contributed by atoms with Crippen LogP contribution in [0.15, 0.2) is 18.2 Å². The predicted molar refractivity (Wildman–Crippen MR) is 84.1 cm³/mol. The van der Waals surface area contributed by atoms with Gasteiger partial charge in [0.1, 0.15) is 0 Å². The third-order valence-electron chi connectivity index (χ3n) is 3.81. The van der Waals surface area contributed by atoms with Crippen LogP contribution in [0.5, 0.6) is 0 Å². The van der Waals surface area contributed by atoms with Gasteiger partial charge in [0.25, 0.3) is 5.69 Å². The summed E-state index contributed by atoms with van der Waals surface area (Å²) in [5, 5.41) is 14.2. The van der Waals surface area contributed by atoms with Crippen molar-refractivity contribution in [1.29, 1.82) is 0 Å². The molecule has 0 aromatic heterocycles. The van der Waals surface area contributed by atoms with Crippen molar-refractivity contribution in [3.63, 3.8) is 0 Å². The van der Waals surface area contributed by atoms with Gasteiger partial charge in [0.2, 0.25) is 0 Å². The fourth-order valence-electron chi connectivity index (χ4n) is 2.65. The van der Waals surface area contributed by atoms with Crippen LogP contribution >= 0.6 is 0 Å². The summed E-state index contributed by atoms with van der Waals surface area (Å²) in [7, 11) is 1.99. The Kier molecular flexibility index (Phi) is 5.38. The number of non-ortho nitro benzene ring substituents is 1. The fraction of sp³-hybridized carbons (Fsp3) is 0.600. The molecule has 1 saturated heterocycles. The molecular formula is C15H23N3O3. The van der Waals surface area contributed by atoms with Crippen molar-refractivity contribution in [3.8, 4) is 0 Å². The Morgan fingerprint density at radius 3 is 2.71 bits per heavy atom. The minimum atomic E-state index is -0.341. The maximum absolute atomic E-state index is 11.1. The lowest BCUT2D eigenvalue weighted by atomic mass is 9.99. The van der Waals surface area contributed by atoms with Crippen molar-refractivity contribution in [2.75, 3.05) is 43.6 Å². The van der Waals surface area contributed by atoms with Gasteiger partial charge in [0.15, 0.2) is 0 Å². The van der Waals surface area contributed by atoms with E-state index in [1.54, 1.807) is 12.1 Å². The van der Waals surface area contributed by atoms with Crippen LogP contribution in [0.25, 0.3) is 0 Å². The Labute approximate surface area is 125 Å². The molecule has 21 heavy (non-hydrogen) atoms. The highest BCUT2D eigenvalue weighted by molar-refractivity contribution is 5.64. The Morgan fingerprint density at radius 2 is 2.10 bits per heavy atom. The molecule has 6 heteroatoms. The summed E-state index contributed by atoms with van der Waals surface area (Å²) in [6.45, 7) is 5.25. The predicted octanol–water partition coefficient (Wildman–Crippen LogP) is 2.89. The van der Waals surface area contributed by atoms with Crippen molar-refractivity contribution < 1.29 is 9.66 Å². The van der Waals surface area contributed by atoms with E-state index in [4.69, 9.17) is 4.74 Å². The van der Waals surface area contributed by atoms with Gasteiger partial charge in [-0.1, -0.05) is 0 Å². The average Bonchev–Trinajstić information content (AvgIpc) is 2.48. The number of nitrogens with one attached hydrogen (secondary N) is 1. The number of hydrogen-bond acceptors (Lipinski definition) is 5. The van der Waals surface area contributed by atoms with Gasteiger partial charge in [-0.25, -0.2) is 0 Å². The first-order valence-corrected chi connectivity index (χ1v) is 7.42. The van der Waals surface area contributed by atoms with Gasteiger partial charge in [-0.05, 0) is 31.7 Å². The maximum atomic E-state index is 11.1. The van der Waals surface area contributed by atoms with Crippen molar-refractivity contribution in [1.82, 2.24) is 0 Å². The minimum absolute atomic E-state index is 0.127. The molecule has 0 aliphatic carbocycles. The second-order valence-electron chi connectivity index (χ2n) is 5.46. The van der Waals surface area contributed by atoms with Crippen molar-refractivity contribution in [2.24, 2.45) is 5.92 Å². The van der Waals surface area contributed by atoms with E-state index in [0.717, 1.165) is 50.5 Å². The molecule has 1 aliphatic rings. The van der Waals surface area contributed by atoms with E-state index in [2.05, 4.69) is 10.2 Å². The summed E-state index contributed by atoms with van der Waals surface area (Å²) in [5.74, 6) is 0.589. The van der Waals surface area contributed by atoms with E-state index in [1.165, 1.54) is 0 Å². The largest absolute Gasteiger partial charge is 0.385 e. The lowest BCUT2D eigenvalue weighted by Gasteiger charge is -2.28. The number of nitro benzene ring substituents is 1. The lowest BCUT2D eigenvalue weighted by Crippen LogP contribution is -2.29. The number of anilines is 2. The molecule has 116 valence electrons. The van der Waals surface area contributed by atoms with Gasteiger partial charge >= 0.3 is 0 Å². The van der Waals surface area contributed by atoms with Gasteiger partial charge in [-0.2, -0.15) is 0 Å². The normalized spacial score (nSPS) is 15.7. The van der Waals surface area contributed by atoms with Gasteiger partial charge in [0, 0.05) is 56.9 Å². The minimum Gasteiger partial charge on any atom is -0.385 e. The van der Waals surface area contributed by atoms with Crippen LogP contribution < -0.4 is 10.2 Å². The van der Waals surface area contributed by atoms with E-state index in [1.807, 2.05) is 20.0 Å². The molecule has 0 saturated carbocycles. The molecule has 6 nitrogen and oxygen atoms in total. The third kappa shape index (κ3) is 4.32. The van der Waals surface area contributed by atoms with Crippen molar-refractivity contribution in [2.45, 2.75) is 19.8 Å². The zero-order chi connectivity index (χ0) is 15.2. The summed E-state index contributed by atoms with van der Waals surface area (Å²) >= 11 is 0. The summed E-state index contributed by atoms with van der Waals surface area (Å²) < 4.78 is 5.37. The van der Waals surface area contributed by atoms with E-state index in [-0.39, 0.29) is 10.6 Å². The second-order valence-corrected chi connectivity index (χ2v) is 5.46. The summed E-state index contributed by atoms with van der Waals surface area (Å²) in [6.07, 6.45) is 2.11. The summed E-state index contributed by atoms with van der Waals surface area (Å²) in [6, 6.07) is 5.19. The van der Waals surface area contributed by atoms with Crippen LogP contribution in [0.3, 0.4) is 0 Å².